The molecule has 0 saturated carbocycles. The molecule has 6 heteroatoms. The lowest BCUT2D eigenvalue weighted by atomic mass is 10.1. The van der Waals surface area contributed by atoms with Gasteiger partial charge in [0.2, 0.25) is 0 Å². The predicted octanol–water partition coefficient (Wildman–Crippen LogP) is 1.92. The lowest BCUT2D eigenvalue weighted by Crippen LogP contribution is -2.27. The molecule has 0 aliphatic rings. The highest BCUT2D eigenvalue weighted by molar-refractivity contribution is 9.10. The Balaban J connectivity index is 2.43. The van der Waals surface area contributed by atoms with E-state index in [9.17, 15) is 0 Å². The maximum absolute atomic E-state index is 5.55. The molecule has 0 aliphatic carbocycles. The van der Waals surface area contributed by atoms with E-state index >= 15 is 0 Å². The van der Waals surface area contributed by atoms with Gasteiger partial charge in [0.05, 0.1) is 5.69 Å². The lowest BCUT2D eigenvalue weighted by Gasteiger charge is -2.10. The molecule has 0 saturated heterocycles. The predicted molar refractivity (Wildman–Crippen MR) is 70.3 cm³/mol. The highest BCUT2D eigenvalue weighted by atomic mass is 79.9. The molecule has 0 aliphatic heterocycles. The summed E-state index contributed by atoms with van der Waals surface area (Å²) in [6.07, 6.45) is 0. The Labute approximate surface area is 108 Å². The van der Waals surface area contributed by atoms with Crippen molar-refractivity contribution in [2.75, 3.05) is 12.1 Å². The first kappa shape index (κ1) is 11.9. The van der Waals surface area contributed by atoms with Crippen LogP contribution in [0.1, 0.15) is 5.69 Å². The topological polar surface area (TPSA) is 67.9 Å². The largest absolute Gasteiger partial charge is 0.281 e. The lowest BCUT2D eigenvalue weighted by molar-refractivity contribution is 0.858. The van der Waals surface area contributed by atoms with E-state index < -0.39 is 0 Å². The summed E-state index contributed by atoms with van der Waals surface area (Å²) >= 11 is 3.39. The van der Waals surface area contributed by atoms with E-state index in [0.717, 1.165) is 21.4 Å². The van der Waals surface area contributed by atoms with E-state index in [4.69, 9.17) is 5.84 Å². The number of aryl methyl sites for hydroxylation is 1. The zero-order valence-electron chi connectivity index (χ0n) is 9.55. The summed E-state index contributed by atoms with van der Waals surface area (Å²) in [5.74, 6) is 5.96. The van der Waals surface area contributed by atoms with Crippen molar-refractivity contribution in [3.8, 4) is 11.3 Å². The second-order valence-electron chi connectivity index (χ2n) is 3.66. The van der Waals surface area contributed by atoms with Crippen LogP contribution in [-0.2, 0) is 0 Å². The number of nitrogens with two attached hydrogens (primary N) is 1. The fraction of sp³-hybridized carbons (Fsp3) is 0.182. The van der Waals surface area contributed by atoms with Gasteiger partial charge in [0, 0.05) is 17.1 Å². The molecule has 88 valence electrons. The molecule has 5 nitrogen and oxygen atoms in total. The van der Waals surface area contributed by atoms with Gasteiger partial charge in [-0.3, -0.25) is 5.01 Å². The standard InChI is InChI=1S/C11H12BrN5/c1-7-10(8-3-5-9(12)6-4-8)15-16-11(14-7)17(2)13/h3-6H,13H2,1-2H3. The summed E-state index contributed by atoms with van der Waals surface area (Å²) in [6, 6.07) is 7.85. The number of benzene rings is 1. The fourth-order valence-electron chi connectivity index (χ4n) is 1.42. The summed E-state index contributed by atoms with van der Waals surface area (Å²) < 4.78 is 1.03. The van der Waals surface area contributed by atoms with Crippen molar-refractivity contribution >= 4 is 21.9 Å². The number of rotatable bonds is 2. The minimum Gasteiger partial charge on any atom is -0.281 e. The van der Waals surface area contributed by atoms with Crippen molar-refractivity contribution in [1.82, 2.24) is 15.2 Å². The zero-order valence-corrected chi connectivity index (χ0v) is 11.1. The van der Waals surface area contributed by atoms with Crippen LogP contribution in [0.2, 0.25) is 0 Å². The van der Waals surface area contributed by atoms with Crippen LogP contribution in [0.4, 0.5) is 5.95 Å². The Kier molecular flexibility index (Phi) is 3.35. The summed E-state index contributed by atoms with van der Waals surface area (Å²) in [6.45, 7) is 1.89. The smallest absolute Gasteiger partial charge is 0.259 e. The van der Waals surface area contributed by atoms with Crippen molar-refractivity contribution in [2.24, 2.45) is 5.84 Å². The van der Waals surface area contributed by atoms with Crippen LogP contribution >= 0.6 is 15.9 Å². The van der Waals surface area contributed by atoms with Gasteiger partial charge in [0.15, 0.2) is 0 Å². The minimum absolute atomic E-state index is 0.406. The minimum atomic E-state index is 0.406. The summed E-state index contributed by atoms with van der Waals surface area (Å²) in [5.41, 5.74) is 2.55. The first-order valence-electron chi connectivity index (χ1n) is 5.03. The van der Waals surface area contributed by atoms with E-state index in [1.165, 1.54) is 5.01 Å². The van der Waals surface area contributed by atoms with Crippen molar-refractivity contribution in [3.63, 3.8) is 0 Å². The quantitative estimate of drug-likeness (QED) is 0.677. The summed E-state index contributed by atoms with van der Waals surface area (Å²) in [4.78, 5) is 4.29. The Morgan fingerprint density at radius 2 is 1.82 bits per heavy atom. The van der Waals surface area contributed by atoms with Gasteiger partial charge >= 0.3 is 0 Å². The number of hydrogen-bond acceptors (Lipinski definition) is 5. The molecule has 0 fully saturated rings. The summed E-state index contributed by atoms with van der Waals surface area (Å²) in [7, 11) is 1.68. The molecule has 0 unspecified atom stereocenters. The van der Waals surface area contributed by atoms with Gasteiger partial charge in [-0.2, -0.15) is 0 Å². The van der Waals surface area contributed by atoms with Crippen LogP contribution < -0.4 is 10.9 Å². The molecule has 1 aromatic heterocycles. The van der Waals surface area contributed by atoms with E-state index in [0.29, 0.717) is 5.95 Å². The van der Waals surface area contributed by atoms with Gasteiger partial charge < -0.3 is 0 Å². The van der Waals surface area contributed by atoms with Crippen LogP contribution in [0, 0.1) is 6.92 Å². The van der Waals surface area contributed by atoms with Crippen molar-refractivity contribution < 1.29 is 0 Å². The fourth-order valence-corrected chi connectivity index (χ4v) is 1.68. The molecule has 1 heterocycles. The SMILES string of the molecule is Cc1nc(N(C)N)nnc1-c1ccc(Br)cc1. The maximum atomic E-state index is 5.55. The molecule has 2 N–H and O–H groups in total. The molecule has 0 spiro atoms. The molecule has 2 rings (SSSR count). The van der Waals surface area contributed by atoms with Crippen LogP contribution in [0.15, 0.2) is 28.7 Å². The van der Waals surface area contributed by atoms with Gasteiger partial charge in [-0.05, 0) is 19.1 Å². The molecule has 0 radical (unpaired) electrons. The second kappa shape index (κ2) is 4.77. The van der Waals surface area contributed by atoms with Gasteiger partial charge in [-0.15, -0.1) is 10.2 Å². The van der Waals surface area contributed by atoms with E-state index in [-0.39, 0.29) is 0 Å². The molecule has 17 heavy (non-hydrogen) atoms. The number of halogens is 1. The van der Waals surface area contributed by atoms with Crippen molar-refractivity contribution in [1.29, 1.82) is 0 Å². The molecular weight excluding hydrogens is 282 g/mol. The van der Waals surface area contributed by atoms with Crippen LogP contribution in [0.5, 0.6) is 0 Å². The average molecular weight is 294 g/mol. The average Bonchev–Trinajstić information content (AvgIpc) is 2.30. The first-order chi connectivity index (χ1) is 8.08. The third-order valence-corrected chi connectivity index (χ3v) is 2.81. The Bertz CT molecular complexity index is 524. The van der Waals surface area contributed by atoms with E-state index in [1.54, 1.807) is 7.05 Å². The maximum Gasteiger partial charge on any atom is 0.259 e. The highest BCUT2D eigenvalue weighted by Crippen LogP contribution is 2.22. The Morgan fingerprint density at radius 3 is 2.35 bits per heavy atom. The van der Waals surface area contributed by atoms with E-state index in [1.807, 2.05) is 31.2 Å². The zero-order chi connectivity index (χ0) is 12.4. The molecule has 0 atom stereocenters. The van der Waals surface area contributed by atoms with Crippen molar-refractivity contribution in [2.45, 2.75) is 6.92 Å². The van der Waals surface area contributed by atoms with Crippen LogP contribution in [0.25, 0.3) is 11.3 Å². The number of nitrogens with zero attached hydrogens (tertiary/aromatic N) is 4. The second-order valence-corrected chi connectivity index (χ2v) is 4.58. The number of aromatic nitrogens is 3. The third-order valence-electron chi connectivity index (χ3n) is 2.28. The van der Waals surface area contributed by atoms with E-state index in [2.05, 4.69) is 31.1 Å². The van der Waals surface area contributed by atoms with Gasteiger partial charge in [-0.25, -0.2) is 10.8 Å². The third kappa shape index (κ3) is 2.59. The highest BCUT2D eigenvalue weighted by Gasteiger charge is 2.08. The van der Waals surface area contributed by atoms with Gasteiger partial charge in [0.1, 0.15) is 5.69 Å². The van der Waals surface area contributed by atoms with Crippen LogP contribution in [0.3, 0.4) is 0 Å². The number of hydrogen-bond donors (Lipinski definition) is 1. The van der Waals surface area contributed by atoms with Crippen molar-refractivity contribution in [3.05, 3.63) is 34.4 Å². The number of hydrazine groups is 1. The Hall–Kier alpha value is -1.53. The molecular formula is C11H12BrN5. The van der Waals surface area contributed by atoms with Gasteiger partial charge in [0.25, 0.3) is 5.95 Å². The molecule has 2 aromatic rings. The first-order valence-corrected chi connectivity index (χ1v) is 5.83. The van der Waals surface area contributed by atoms with Gasteiger partial charge in [-0.1, -0.05) is 28.1 Å². The number of anilines is 1. The Morgan fingerprint density at radius 1 is 1.18 bits per heavy atom. The summed E-state index contributed by atoms with van der Waals surface area (Å²) in [5, 5.41) is 9.45. The monoisotopic (exact) mass is 293 g/mol. The molecule has 0 bridgehead atoms. The normalized spacial score (nSPS) is 10.4. The molecule has 1 aromatic carbocycles. The van der Waals surface area contributed by atoms with Crippen LogP contribution in [-0.4, -0.2) is 22.2 Å². The molecule has 0 amide bonds.